The van der Waals surface area contributed by atoms with Gasteiger partial charge in [0.25, 0.3) is 0 Å². The van der Waals surface area contributed by atoms with Crippen molar-refractivity contribution in [3.63, 3.8) is 0 Å². The molecule has 14 heavy (non-hydrogen) atoms. The highest BCUT2D eigenvalue weighted by Gasteiger charge is 2.13. The van der Waals surface area contributed by atoms with Crippen LogP contribution in [0.5, 0.6) is 0 Å². The van der Waals surface area contributed by atoms with Crippen LogP contribution >= 0.6 is 0 Å². The SMILES string of the molecule is CCCC(C)C(N)c1cccc(C)c1. The Morgan fingerprint density at radius 1 is 1.36 bits per heavy atom. The van der Waals surface area contributed by atoms with E-state index in [4.69, 9.17) is 5.73 Å². The van der Waals surface area contributed by atoms with Gasteiger partial charge in [-0.25, -0.2) is 0 Å². The zero-order valence-corrected chi connectivity index (χ0v) is 9.46. The Hall–Kier alpha value is -0.820. The second-order valence-corrected chi connectivity index (χ2v) is 4.21. The number of aryl methyl sites for hydroxylation is 1. The van der Waals surface area contributed by atoms with Gasteiger partial charge in [-0.2, -0.15) is 0 Å². The van der Waals surface area contributed by atoms with E-state index in [2.05, 4.69) is 45.0 Å². The summed E-state index contributed by atoms with van der Waals surface area (Å²) < 4.78 is 0. The van der Waals surface area contributed by atoms with Crippen molar-refractivity contribution in [3.8, 4) is 0 Å². The lowest BCUT2D eigenvalue weighted by Crippen LogP contribution is -2.18. The van der Waals surface area contributed by atoms with E-state index in [1.807, 2.05) is 0 Å². The molecule has 1 heteroatoms. The third kappa shape index (κ3) is 2.85. The molecule has 0 heterocycles. The second kappa shape index (κ2) is 5.16. The molecule has 0 bridgehead atoms. The number of benzene rings is 1. The van der Waals surface area contributed by atoms with E-state index in [1.54, 1.807) is 0 Å². The maximum Gasteiger partial charge on any atom is 0.0320 e. The zero-order chi connectivity index (χ0) is 10.6. The molecule has 0 radical (unpaired) electrons. The van der Waals surface area contributed by atoms with Gasteiger partial charge in [-0.05, 0) is 24.8 Å². The van der Waals surface area contributed by atoms with Gasteiger partial charge < -0.3 is 5.73 Å². The maximum atomic E-state index is 6.19. The first kappa shape index (κ1) is 11.3. The van der Waals surface area contributed by atoms with E-state index >= 15 is 0 Å². The van der Waals surface area contributed by atoms with E-state index in [0.717, 1.165) is 0 Å². The average molecular weight is 191 g/mol. The van der Waals surface area contributed by atoms with Crippen LogP contribution in [-0.4, -0.2) is 0 Å². The summed E-state index contributed by atoms with van der Waals surface area (Å²) >= 11 is 0. The molecule has 0 spiro atoms. The van der Waals surface area contributed by atoms with Gasteiger partial charge in [-0.3, -0.25) is 0 Å². The van der Waals surface area contributed by atoms with Crippen LogP contribution < -0.4 is 5.73 Å². The molecule has 0 amide bonds. The van der Waals surface area contributed by atoms with Gasteiger partial charge in [0.2, 0.25) is 0 Å². The molecule has 0 saturated carbocycles. The molecule has 0 aliphatic carbocycles. The van der Waals surface area contributed by atoms with Gasteiger partial charge in [0.15, 0.2) is 0 Å². The summed E-state index contributed by atoms with van der Waals surface area (Å²) in [4.78, 5) is 0. The maximum absolute atomic E-state index is 6.19. The van der Waals surface area contributed by atoms with Crippen molar-refractivity contribution < 1.29 is 0 Å². The van der Waals surface area contributed by atoms with Gasteiger partial charge in [0.05, 0.1) is 0 Å². The van der Waals surface area contributed by atoms with Gasteiger partial charge in [-0.1, -0.05) is 50.1 Å². The minimum atomic E-state index is 0.190. The van der Waals surface area contributed by atoms with Gasteiger partial charge in [0, 0.05) is 6.04 Å². The fraction of sp³-hybridized carbons (Fsp3) is 0.538. The van der Waals surface area contributed by atoms with E-state index in [9.17, 15) is 0 Å². The van der Waals surface area contributed by atoms with Gasteiger partial charge in [-0.15, -0.1) is 0 Å². The summed E-state index contributed by atoms with van der Waals surface area (Å²) in [5.41, 5.74) is 8.76. The Morgan fingerprint density at radius 3 is 2.64 bits per heavy atom. The van der Waals surface area contributed by atoms with Crippen molar-refractivity contribution >= 4 is 0 Å². The molecule has 2 unspecified atom stereocenters. The first-order valence-electron chi connectivity index (χ1n) is 5.47. The van der Waals surface area contributed by atoms with Crippen LogP contribution in [-0.2, 0) is 0 Å². The van der Waals surface area contributed by atoms with Gasteiger partial charge in [0.1, 0.15) is 0 Å². The third-order valence-corrected chi connectivity index (χ3v) is 2.78. The quantitative estimate of drug-likeness (QED) is 0.775. The van der Waals surface area contributed by atoms with E-state index in [-0.39, 0.29) is 6.04 Å². The number of nitrogens with two attached hydrogens (primary N) is 1. The first-order chi connectivity index (χ1) is 6.65. The van der Waals surface area contributed by atoms with Crippen LogP contribution in [0.3, 0.4) is 0 Å². The topological polar surface area (TPSA) is 26.0 Å². The lowest BCUT2D eigenvalue weighted by molar-refractivity contribution is 0.433. The third-order valence-electron chi connectivity index (χ3n) is 2.78. The van der Waals surface area contributed by atoms with Crippen LogP contribution in [0.2, 0.25) is 0 Å². The van der Waals surface area contributed by atoms with Gasteiger partial charge >= 0.3 is 0 Å². The highest BCUT2D eigenvalue weighted by Crippen LogP contribution is 2.23. The van der Waals surface area contributed by atoms with Crippen LogP contribution in [0.15, 0.2) is 24.3 Å². The number of hydrogen-bond donors (Lipinski definition) is 1. The van der Waals surface area contributed by atoms with Crippen LogP contribution in [0.1, 0.15) is 43.9 Å². The lowest BCUT2D eigenvalue weighted by atomic mass is 9.91. The van der Waals surface area contributed by atoms with Crippen molar-refractivity contribution in [1.29, 1.82) is 0 Å². The summed E-state index contributed by atoms with van der Waals surface area (Å²) in [7, 11) is 0. The molecule has 78 valence electrons. The predicted molar refractivity (Wildman–Crippen MR) is 62.2 cm³/mol. The number of hydrogen-bond acceptors (Lipinski definition) is 1. The molecule has 1 aromatic rings. The van der Waals surface area contributed by atoms with E-state index in [0.29, 0.717) is 5.92 Å². The molecule has 0 fully saturated rings. The zero-order valence-electron chi connectivity index (χ0n) is 9.46. The molecule has 1 rings (SSSR count). The second-order valence-electron chi connectivity index (χ2n) is 4.21. The molecule has 1 nitrogen and oxygen atoms in total. The standard InChI is InChI=1S/C13H21N/c1-4-6-11(3)13(14)12-8-5-7-10(2)9-12/h5,7-9,11,13H,4,6,14H2,1-3H3. The summed E-state index contributed by atoms with van der Waals surface area (Å²) in [6.45, 7) is 6.55. The van der Waals surface area contributed by atoms with Crippen molar-refractivity contribution in [1.82, 2.24) is 0 Å². The Labute approximate surface area is 87.3 Å². The largest absolute Gasteiger partial charge is 0.324 e. The average Bonchev–Trinajstić information content (AvgIpc) is 2.17. The van der Waals surface area contributed by atoms with Crippen LogP contribution in [0.25, 0.3) is 0 Å². The van der Waals surface area contributed by atoms with E-state index < -0.39 is 0 Å². The van der Waals surface area contributed by atoms with Crippen LogP contribution in [0.4, 0.5) is 0 Å². The van der Waals surface area contributed by atoms with Crippen molar-refractivity contribution in [2.75, 3.05) is 0 Å². The molecule has 2 N–H and O–H groups in total. The summed E-state index contributed by atoms with van der Waals surface area (Å²) in [5, 5.41) is 0. The summed E-state index contributed by atoms with van der Waals surface area (Å²) in [5.74, 6) is 0.571. The minimum absolute atomic E-state index is 0.190. The fourth-order valence-corrected chi connectivity index (χ4v) is 1.84. The Bertz CT molecular complexity index is 280. The Balaban J connectivity index is 2.73. The molecule has 2 atom stereocenters. The van der Waals surface area contributed by atoms with Crippen LogP contribution in [0, 0.1) is 12.8 Å². The normalized spacial score (nSPS) is 15.1. The van der Waals surface area contributed by atoms with Crippen molar-refractivity contribution in [3.05, 3.63) is 35.4 Å². The number of rotatable bonds is 4. The minimum Gasteiger partial charge on any atom is -0.324 e. The molecule has 0 aliphatic heterocycles. The smallest absolute Gasteiger partial charge is 0.0320 e. The molecular weight excluding hydrogens is 170 g/mol. The van der Waals surface area contributed by atoms with Crippen molar-refractivity contribution in [2.45, 2.75) is 39.7 Å². The fourth-order valence-electron chi connectivity index (χ4n) is 1.84. The Kier molecular flexibility index (Phi) is 4.15. The Morgan fingerprint density at radius 2 is 2.07 bits per heavy atom. The van der Waals surface area contributed by atoms with Crippen molar-refractivity contribution in [2.24, 2.45) is 11.7 Å². The highest BCUT2D eigenvalue weighted by atomic mass is 14.6. The van der Waals surface area contributed by atoms with E-state index in [1.165, 1.54) is 24.0 Å². The predicted octanol–water partition coefficient (Wildman–Crippen LogP) is 3.43. The molecule has 0 aromatic heterocycles. The first-order valence-corrected chi connectivity index (χ1v) is 5.47. The molecule has 1 aromatic carbocycles. The summed E-state index contributed by atoms with van der Waals surface area (Å²) in [6, 6.07) is 8.71. The highest BCUT2D eigenvalue weighted by molar-refractivity contribution is 5.25. The molecule has 0 aliphatic rings. The summed E-state index contributed by atoms with van der Waals surface area (Å²) in [6.07, 6.45) is 2.41. The molecular formula is C13H21N. The lowest BCUT2D eigenvalue weighted by Gasteiger charge is -2.19. The molecule has 0 saturated heterocycles. The monoisotopic (exact) mass is 191 g/mol.